The molecular formula is C8H10N2O5. The average Bonchev–Trinajstić information content (AvgIpc) is 2.60. The molecule has 1 rings (SSSR count). The van der Waals surface area contributed by atoms with Gasteiger partial charge in [-0.3, -0.25) is 4.79 Å². The molecule has 0 saturated carbocycles. The van der Waals surface area contributed by atoms with Crippen molar-refractivity contribution in [2.24, 2.45) is 0 Å². The molecule has 1 amide bonds. The maximum Gasteiger partial charge on any atom is 0.334 e. The number of aryl methyl sites for hydroxylation is 1. The Hall–Kier alpha value is -1.89. The number of nitrogens with one attached hydrogen (secondary N) is 1. The molecule has 7 heteroatoms. The molecule has 7 nitrogen and oxygen atoms in total. The van der Waals surface area contributed by atoms with Crippen LogP contribution in [0.2, 0.25) is 0 Å². The molecule has 0 aliphatic carbocycles. The van der Waals surface area contributed by atoms with Gasteiger partial charge in [0.2, 0.25) is 5.76 Å². The Morgan fingerprint density at radius 2 is 2.33 bits per heavy atom. The number of aliphatic hydroxyl groups is 1. The van der Waals surface area contributed by atoms with Gasteiger partial charge in [0.25, 0.3) is 5.91 Å². The molecule has 1 aromatic rings. The van der Waals surface area contributed by atoms with Gasteiger partial charge in [-0.05, 0) is 6.92 Å². The Morgan fingerprint density at radius 3 is 2.80 bits per heavy atom. The van der Waals surface area contributed by atoms with E-state index in [4.69, 9.17) is 10.2 Å². The standard InChI is InChI=1S/C8H10N2O5/c1-4-2-10-15-6(4)7(12)9-3-5(11)8(13)14/h2,5,11H,3H2,1H3,(H,9,12)(H,13,14)/t5-/m0/s1. The minimum Gasteiger partial charge on any atom is -0.479 e. The first kappa shape index (κ1) is 11.2. The summed E-state index contributed by atoms with van der Waals surface area (Å²) in [4.78, 5) is 21.5. The summed E-state index contributed by atoms with van der Waals surface area (Å²) in [5, 5.41) is 22.8. The zero-order valence-electron chi connectivity index (χ0n) is 7.93. The quantitative estimate of drug-likeness (QED) is 0.602. The van der Waals surface area contributed by atoms with Crippen molar-refractivity contribution in [3.05, 3.63) is 17.5 Å². The zero-order chi connectivity index (χ0) is 11.4. The highest BCUT2D eigenvalue weighted by atomic mass is 16.5. The Balaban J connectivity index is 2.51. The van der Waals surface area contributed by atoms with Gasteiger partial charge in [-0.1, -0.05) is 5.16 Å². The molecule has 0 radical (unpaired) electrons. The minimum absolute atomic E-state index is 0.00703. The predicted octanol–water partition coefficient (Wildman–Crippen LogP) is -0.842. The van der Waals surface area contributed by atoms with Crippen LogP contribution < -0.4 is 5.32 Å². The van der Waals surface area contributed by atoms with Gasteiger partial charge in [-0.25, -0.2) is 4.79 Å². The number of aromatic nitrogens is 1. The number of rotatable bonds is 4. The first-order valence-corrected chi connectivity index (χ1v) is 4.12. The van der Waals surface area contributed by atoms with E-state index in [2.05, 4.69) is 15.0 Å². The summed E-state index contributed by atoms with van der Waals surface area (Å²) in [6.45, 7) is 1.24. The fourth-order valence-corrected chi connectivity index (χ4v) is 0.866. The Kier molecular flexibility index (Phi) is 3.40. The monoisotopic (exact) mass is 214 g/mol. The largest absolute Gasteiger partial charge is 0.479 e. The second-order valence-electron chi connectivity index (χ2n) is 2.90. The molecule has 0 aromatic carbocycles. The number of hydrogen-bond donors (Lipinski definition) is 3. The van der Waals surface area contributed by atoms with Crippen LogP contribution in [-0.4, -0.2) is 39.9 Å². The highest BCUT2D eigenvalue weighted by molar-refractivity contribution is 5.92. The second kappa shape index (κ2) is 4.56. The van der Waals surface area contributed by atoms with E-state index >= 15 is 0 Å². The van der Waals surface area contributed by atoms with Crippen LogP contribution in [0, 0.1) is 6.92 Å². The summed E-state index contributed by atoms with van der Waals surface area (Å²) >= 11 is 0. The number of carboxylic acid groups (broad SMARTS) is 1. The molecule has 0 fully saturated rings. The Bertz CT molecular complexity index is 373. The van der Waals surface area contributed by atoms with Gasteiger partial charge in [0.1, 0.15) is 0 Å². The molecule has 0 bridgehead atoms. The van der Waals surface area contributed by atoms with E-state index in [1.165, 1.54) is 6.20 Å². The van der Waals surface area contributed by atoms with Crippen molar-refractivity contribution in [1.29, 1.82) is 0 Å². The second-order valence-corrected chi connectivity index (χ2v) is 2.90. The number of carboxylic acids is 1. The summed E-state index contributed by atoms with van der Waals surface area (Å²) in [6, 6.07) is 0. The summed E-state index contributed by atoms with van der Waals surface area (Å²) in [5.74, 6) is -2.00. The number of carbonyl (C=O) groups excluding carboxylic acids is 1. The van der Waals surface area contributed by atoms with Gasteiger partial charge in [-0.2, -0.15) is 0 Å². The summed E-state index contributed by atoms with van der Waals surface area (Å²) in [6.07, 6.45) is -0.264. The van der Waals surface area contributed by atoms with Crippen LogP contribution in [-0.2, 0) is 4.79 Å². The fourth-order valence-electron chi connectivity index (χ4n) is 0.866. The zero-order valence-corrected chi connectivity index (χ0v) is 7.93. The lowest BCUT2D eigenvalue weighted by molar-refractivity contribution is -0.146. The highest BCUT2D eigenvalue weighted by Gasteiger charge is 2.18. The molecule has 0 saturated heterocycles. The van der Waals surface area contributed by atoms with E-state index in [-0.39, 0.29) is 12.3 Å². The summed E-state index contributed by atoms with van der Waals surface area (Å²) < 4.78 is 4.63. The number of carbonyl (C=O) groups is 2. The number of aliphatic hydroxyl groups excluding tert-OH is 1. The van der Waals surface area contributed by atoms with Crippen molar-refractivity contribution in [2.75, 3.05) is 6.54 Å². The Labute approximate surface area is 84.7 Å². The van der Waals surface area contributed by atoms with Crippen LogP contribution in [0.4, 0.5) is 0 Å². The molecule has 15 heavy (non-hydrogen) atoms. The molecular weight excluding hydrogens is 204 g/mol. The normalized spacial score (nSPS) is 12.1. The number of hydrogen-bond acceptors (Lipinski definition) is 5. The van der Waals surface area contributed by atoms with Gasteiger partial charge < -0.3 is 20.1 Å². The summed E-state index contributed by atoms with van der Waals surface area (Å²) in [7, 11) is 0. The predicted molar refractivity (Wildman–Crippen MR) is 47.2 cm³/mol. The van der Waals surface area contributed by atoms with Crippen molar-refractivity contribution >= 4 is 11.9 Å². The van der Waals surface area contributed by atoms with E-state index in [0.717, 1.165) is 0 Å². The molecule has 0 aliphatic rings. The van der Waals surface area contributed by atoms with Crippen molar-refractivity contribution < 1.29 is 24.3 Å². The SMILES string of the molecule is Cc1cnoc1C(=O)NC[C@H](O)C(=O)O. The van der Waals surface area contributed by atoms with E-state index in [1.807, 2.05) is 0 Å². The van der Waals surface area contributed by atoms with E-state index < -0.39 is 18.0 Å². The molecule has 3 N–H and O–H groups in total. The first-order chi connectivity index (χ1) is 7.02. The lowest BCUT2D eigenvalue weighted by Gasteiger charge is -2.05. The third kappa shape index (κ3) is 2.78. The lowest BCUT2D eigenvalue weighted by atomic mass is 10.2. The molecule has 1 atom stereocenters. The van der Waals surface area contributed by atoms with Crippen molar-refractivity contribution in [2.45, 2.75) is 13.0 Å². The topological polar surface area (TPSA) is 113 Å². The number of amides is 1. The van der Waals surface area contributed by atoms with Crippen LogP contribution in [0.25, 0.3) is 0 Å². The third-order valence-electron chi connectivity index (χ3n) is 1.70. The Morgan fingerprint density at radius 1 is 1.67 bits per heavy atom. The molecule has 0 unspecified atom stereocenters. The molecule has 0 aliphatic heterocycles. The van der Waals surface area contributed by atoms with Crippen LogP contribution in [0.15, 0.2) is 10.7 Å². The maximum absolute atomic E-state index is 11.3. The van der Waals surface area contributed by atoms with Crippen LogP contribution in [0.1, 0.15) is 16.1 Å². The van der Waals surface area contributed by atoms with Gasteiger partial charge in [0.15, 0.2) is 6.10 Å². The molecule has 0 spiro atoms. The minimum atomic E-state index is -1.63. The van der Waals surface area contributed by atoms with Gasteiger partial charge in [-0.15, -0.1) is 0 Å². The molecule has 1 aromatic heterocycles. The van der Waals surface area contributed by atoms with Gasteiger partial charge in [0, 0.05) is 5.56 Å². The van der Waals surface area contributed by atoms with Crippen molar-refractivity contribution in [3.8, 4) is 0 Å². The maximum atomic E-state index is 11.3. The molecule has 82 valence electrons. The average molecular weight is 214 g/mol. The van der Waals surface area contributed by atoms with Gasteiger partial charge in [0.05, 0.1) is 12.7 Å². The van der Waals surface area contributed by atoms with Gasteiger partial charge >= 0.3 is 5.97 Å². The first-order valence-electron chi connectivity index (χ1n) is 4.12. The lowest BCUT2D eigenvalue weighted by Crippen LogP contribution is -2.36. The van der Waals surface area contributed by atoms with Crippen molar-refractivity contribution in [3.63, 3.8) is 0 Å². The van der Waals surface area contributed by atoms with Crippen LogP contribution >= 0.6 is 0 Å². The van der Waals surface area contributed by atoms with E-state index in [9.17, 15) is 9.59 Å². The third-order valence-corrected chi connectivity index (χ3v) is 1.70. The van der Waals surface area contributed by atoms with Crippen LogP contribution in [0.5, 0.6) is 0 Å². The smallest absolute Gasteiger partial charge is 0.334 e. The van der Waals surface area contributed by atoms with E-state index in [0.29, 0.717) is 5.56 Å². The van der Waals surface area contributed by atoms with Crippen molar-refractivity contribution in [1.82, 2.24) is 10.5 Å². The fraction of sp³-hybridized carbons (Fsp3) is 0.375. The van der Waals surface area contributed by atoms with Crippen LogP contribution in [0.3, 0.4) is 0 Å². The van der Waals surface area contributed by atoms with E-state index in [1.54, 1.807) is 6.92 Å². The number of nitrogens with zero attached hydrogens (tertiary/aromatic N) is 1. The number of aliphatic carboxylic acids is 1. The highest BCUT2D eigenvalue weighted by Crippen LogP contribution is 2.04. The summed E-state index contributed by atoms with van der Waals surface area (Å²) in [5.41, 5.74) is 0.539. The molecule has 1 heterocycles.